The number of nitrogens with one attached hydrogen (secondary N) is 2. The van der Waals surface area contributed by atoms with Crippen LogP contribution in [-0.4, -0.2) is 64.3 Å². The maximum absolute atomic E-state index is 12.9. The topological polar surface area (TPSA) is 106 Å². The summed E-state index contributed by atoms with van der Waals surface area (Å²) in [6.45, 7) is -0.380. The number of alkyl halides is 3. The summed E-state index contributed by atoms with van der Waals surface area (Å²) >= 11 is 0. The number of carbonyl (C=O) groups is 1. The lowest BCUT2D eigenvalue weighted by atomic mass is 10.2. The van der Waals surface area contributed by atoms with Gasteiger partial charge in [-0.1, -0.05) is 0 Å². The van der Waals surface area contributed by atoms with Crippen molar-refractivity contribution in [2.45, 2.75) is 23.9 Å². The minimum Gasteiger partial charge on any atom is -0.486 e. The smallest absolute Gasteiger partial charge is 0.422 e. The average molecular weight is 516 g/mol. The van der Waals surface area contributed by atoms with Gasteiger partial charge in [0, 0.05) is 24.8 Å². The molecule has 13 heteroatoms. The normalized spacial score (nSPS) is 16.1. The molecule has 2 aliphatic heterocycles. The molecule has 1 fully saturated rings. The van der Waals surface area contributed by atoms with Gasteiger partial charge in [0.25, 0.3) is 0 Å². The van der Waals surface area contributed by atoms with Crippen LogP contribution in [0.4, 0.5) is 24.5 Å². The van der Waals surface area contributed by atoms with E-state index in [1.165, 1.54) is 16.4 Å². The molecule has 0 aromatic heterocycles. The van der Waals surface area contributed by atoms with Crippen molar-refractivity contribution in [1.82, 2.24) is 4.31 Å². The highest BCUT2D eigenvalue weighted by Gasteiger charge is 2.30. The fourth-order valence-corrected chi connectivity index (χ4v) is 5.22. The predicted molar refractivity (Wildman–Crippen MR) is 121 cm³/mol. The minimum atomic E-state index is -4.59. The number of nitrogens with zero attached hydrogens (tertiary/aromatic N) is 1. The van der Waals surface area contributed by atoms with Gasteiger partial charge in [-0.05, 0) is 43.2 Å². The molecular formula is C22H24F3N3O6S. The summed E-state index contributed by atoms with van der Waals surface area (Å²) in [6, 6.07) is 8.37. The van der Waals surface area contributed by atoms with E-state index in [0.29, 0.717) is 43.5 Å². The number of carbonyl (C=O) groups excluding carboxylic acids is 1. The summed E-state index contributed by atoms with van der Waals surface area (Å²) in [6.07, 6.45) is -3.12. The number of sulfonamides is 1. The Kier molecular flexibility index (Phi) is 7.26. The number of ether oxygens (including phenoxy) is 3. The number of rotatable bonds is 8. The monoisotopic (exact) mass is 515 g/mol. The van der Waals surface area contributed by atoms with Gasteiger partial charge >= 0.3 is 6.18 Å². The first-order valence-corrected chi connectivity index (χ1v) is 12.3. The van der Waals surface area contributed by atoms with E-state index < -0.39 is 28.7 Å². The molecular weight excluding hydrogens is 491 g/mol. The average Bonchev–Trinajstić information content (AvgIpc) is 3.37. The second-order valence-electron chi connectivity index (χ2n) is 7.93. The van der Waals surface area contributed by atoms with Gasteiger partial charge in [-0.3, -0.25) is 4.79 Å². The fraction of sp³-hybridized carbons (Fsp3) is 0.409. The highest BCUT2D eigenvalue weighted by Crippen LogP contribution is 2.33. The van der Waals surface area contributed by atoms with Gasteiger partial charge < -0.3 is 24.8 Å². The van der Waals surface area contributed by atoms with Gasteiger partial charge in [0.1, 0.15) is 19.0 Å². The van der Waals surface area contributed by atoms with Crippen molar-refractivity contribution >= 4 is 27.3 Å². The Labute approximate surface area is 200 Å². The maximum atomic E-state index is 12.9. The zero-order valence-electron chi connectivity index (χ0n) is 18.6. The lowest BCUT2D eigenvalue weighted by molar-refractivity contribution is -0.153. The van der Waals surface area contributed by atoms with E-state index in [4.69, 9.17) is 14.2 Å². The largest absolute Gasteiger partial charge is 0.486 e. The van der Waals surface area contributed by atoms with Gasteiger partial charge in [0.15, 0.2) is 18.1 Å². The molecule has 0 bridgehead atoms. The minimum absolute atomic E-state index is 0.0492. The molecule has 1 amide bonds. The first-order valence-electron chi connectivity index (χ1n) is 10.9. The third-order valence-corrected chi connectivity index (χ3v) is 7.21. The van der Waals surface area contributed by atoms with Crippen molar-refractivity contribution in [3.8, 4) is 17.2 Å². The standard InChI is InChI=1S/C22H24F3N3O6S/c23-22(24,25)14-34-18-6-4-16(35(30,31)28-7-1-2-8-28)12-17(18)26-13-21(29)27-15-3-5-19-20(11-15)33-10-9-32-19/h3-6,11-12,26H,1-2,7-10,13-14H2,(H,27,29). The SMILES string of the molecule is O=C(CNc1cc(S(=O)(=O)N2CCCC2)ccc1OCC(F)(F)F)Nc1ccc2c(c1)OCCO2. The molecule has 2 aromatic rings. The van der Waals surface area contributed by atoms with E-state index in [0.717, 1.165) is 18.9 Å². The zero-order valence-corrected chi connectivity index (χ0v) is 19.4. The van der Waals surface area contributed by atoms with Crippen LogP contribution in [0.15, 0.2) is 41.3 Å². The van der Waals surface area contributed by atoms with E-state index in [1.54, 1.807) is 18.2 Å². The Bertz CT molecular complexity index is 1180. The first kappa shape index (κ1) is 24.9. The second kappa shape index (κ2) is 10.2. The van der Waals surface area contributed by atoms with Crippen LogP contribution < -0.4 is 24.8 Å². The third-order valence-electron chi connectivity index (χ3n) is 5.31. The summed E-state index contributed by atoms with van der Waals surface area (Å²) < 4.78 is 80.9. The lowest BCUT2D eigenvalue weighted by Gasteiger charge is -2.19. The zero-order chi connectivity index (χ0) is 25.1. The van der Waals surface area contributed by atoms with Crippen LogP contribution in [0.3, 0.4) is 0 Å². The van der Waals surface area contributed by atoms with Crippen LogP contribution in [-0.2, 0) is 14.8 Å². The number of hydrogen-bond acceptors (Lipinski definition) is 7. The number of benzene rings is 2. The lowest BCUT2D eigenvalue weighted by Crippen LogP contribution is -2.28. The number of anilines is 2. The molecule has 1 saturated heterocycles. The van der Waals surface area contributed by atoms with Gasteiger partial charge in [0.2, 0.25) is 15.9 Å². The van der Waals surface area contributed by atoms with Crippen LogP contribution in [0.5, 0.6) is 17.2 Å². The molecule has 190 valence electrons. The van der Waals surface area contributed by atoms with Crippen LogP contribution in [0.25, 0.3) is 0 Å². The van der Waals surface area contributed by atoms with Crippen molar-refractivity contribution in [3.05, 3.63) is 36.4 Å². The molecule has 2 aliphatic rings. The Hall–Kier alpha value is -3.19. The van der Waals surface area contributed by atoms with E-state index in [1.807, 2.05) is 0 Å². The van der Waals surface area contributed by atoms with Gasteiger partial charge in [-0.15, -0.1) is 0 Å². The summed E-state index contributed by atoms with van der Waals surface area (Å²) in [5.74, 6) is 0.283. The predicted octanol–water partition coefficient (Wildman–Crippen LogP) is 3.23. The fourth-order valence-electron chi connectivity index (χ4n) is 3.67. The van der Waals surface area contributed by atoms with Crippen LogP contribution in [0, 0.1) is 0 Å². The van der Waals surface area contributed by atoms with Gasteiger partial charge in [0.05, 0.1) is 17.1 Å². The number of fused-ring (bicyclic) bond motifs is 1. The quantitative estimate of drug-likeness (QED) is 0.556. The van der Waals surface area contributed by atoms with Crippen molar-refractivity contribution in [1.29, 1.82) is 0 Å². The molecule has 0 aliphatic carbocycles. The van der Waals surface area contributed by atoms with Crippen molar-refractivity contribution in [2.75, 3.05) is 50.1 Å². The van der Waals surface area contributed by atoms with Gasteiger partial charge in [-0.25, -0.2) is 8.42 Å². The molecule has 0 spiro atoms. The van der Waals surface area contributed by atoms with E-state index in [9.17, 15) is 26.4 Å². The van der Waals surface area contributed by atoms with E-state index >= 15 is 0 Å². The maximum Gasteiger partial charge on any atom is 0.422 e. The molecule has 9 nitrogen and oxygen atoms in total. The summed E-state index contributed by atoms with van der Waals surface area (Å²) in [5, 5.41) is 5.33. The van der Waals surface area contributed by atoms with E-state index in [2.05, 4.69) is 10.6 Å². The molecule has 2 aromatic carbocycles. The Morgan fingerprint density at radius 2 is 1.74 bits per heavy atom. The molecule has 2 heterocycles. The summed E-state index contributed by atoms with van der Waals surface area (Å²) in [4.78, 5) is 12.4. The number of halogens is 3. The molecule has 0 saturated carbocycles. The van der Waals surface area contributed by atoms with Crippen LogP contribution in [0.1, 0.15) is 12.8 Å². The van der Waals surface area contributed by atoms with Crippen LogP contribution in [0.2, 0.25) is 0 Å². The Morgan fingerprint density at radius 1 is 1.03 bits per heavy atom. The number of amides is 1. The molecule has 0 atom stereocenters. The highest BCUT2D eigenvalue weighted by molar-refractivity contribution is 7.89. The van der Waals surface area contributed by atoms with Gasteiger partial charge in [-0.2, -0.15) is 17.5 Å². The van der Waals surface area contributed by atoms with Crippen molar-refractivity contribution in [3.63, 3.8) is 0 Å². The van der Waals surface area contributed by atoms with Crippen molar-refractivity contribution in [2.24, 2.45) is 0 Å². The van der Waals surface area contributed by atoms with Crippen molar-refractivity contribution < 1.29 is 40.6 Å². The second-order valence-corrected chi connectivity index (χ2v) is 9.87. The molecule has 0 unspecified atom stereocenters. The van der Waals surface area contributed by atoms with Crippen LogP contribution >= 0.6 is 0 Å². The highest BCUT2D eigenvalue weighted by atomic mass is 32.2. The first-order chi connectivity index (χ1) is 16.6. The third kappa shape index (κ3) is 6.28. The molecule has 0 radical (unpaired) electrons. The molecule has 35 heavy (non-hydrogen) atoms. The summed E-state index contributed by atoms with van der Waals surface area (Å²) in [7, 11) is -3.83. The Balaban J connectivity index is 1.49. The van der Waals surface area contributed by atoms with E-state index in [-0.39, 0.29) is 22.9 Å². The summed E-state index contributed by atoms with van der Waals surface area (Å²) in [5.41, 5.74) is 0.381. The molecule has 2 N–H and O–H groups in total. The molecule has 4 rings (SSSR count). The Morgan fingerprint density at radius 3 is 2.46 bits per heavy atom. The number of hydrogen-bond donors (Lipinski definition) is 2.